The van der Waals surface area contributed by atoms with Crippen LogP contribution in [0.25, 0.3) is 11.1 Å². The Kier molecular flexibility index (Phi) is 7.81. The van der Waals surface area contributed by atoms with Crippen LogP contribution in [0.5, 0.6) is 0 Å². The highest BCUT2D eigenvalue weighted by Gasteiger charge is 2.15. The van der Waals surface area contributed by atoms with Crippen molar-refractivity contribution in [3.8, 4) is 0 Å². The number of nitrogens with one attached hydrogen (secondary N) is 2. The van der Waals surface area contributed by atoms with E-state index in [9.17, 15) is 0 Å². The van der Waals surface area contributed by atoms with Crippen LogP contribution in [0.3, 0.4) is 0 Å². The van der Waals surface area contributed by atoms with Crippen LogP contribution in [0.15, 0.2) is 22.6 Å². The summed E-state index contributed by atoms with van der Waals surface area (Å²) in [5.41, 5.74) is 3.23. The van der Waals surface area contributed by atoms with Gasteiger partial charge in [-0.1, -0.05) is 57.9 Å². The lowest BCUT2D eigenvalue weighted by Gasteiger charge is -2.07. The number of oxazole rings is 1. The van der Waals surface area contributed by atoms with Gasteiger partial charge in [0.1, 0.15) is 5.52 Å². The Morgan fingerprint density at radius 2 is 1.92 bits per heavy atom. The standard InChI is InChI=1S/C22H35N3O/c1-2-3-4-5-6-7-8-9-10-18-11-12-20-21(15-18)26-22(25-20)24-17-19-13-14-23-16-19/h11-12,15,19,23H,2-10,13-14,16-17H2,1H3,(H,24,25)/t19-/m0/s1. The molecule has 1 aliphatic heterocycles. The maximum Gasteiger partial charge on any atom is 0.295 e. The van der Waals surface area contributed by atoms with E-state index < -0.39 is 0 Å². The Bertz CT molecular complexity index is 646. The zero-order chi connectivity index (χ0) is 18.0. The monoisotopic (exact) mass is 357 g/mol. The van der Waals surface area contributed by atoms with Crippen molar-refractivity contribution in [1.82, 2.24) is 10.3 Å². The number of nitrogens with zero attached hydrogens (tertiary/aromatic N) is 1. The Labute approximate surface area is 158 Å². The average Bonchev–Trinajstić information content (AvgIpc) is 3.30. The van der Waals surface area contributed by atoms with Crippen LogP contribution in [0.4, 0.5) is 6.01 Å². The zero-order valence-electron chi connectivity index (χ0n) is 16.4. The molecule has 2 heterocycles. The van der Waals surface area contributed by atoms with Gasteiger partial charge in [0, 0.05) is 6.54 Å². The first-order valence-electron chi connectivity index (χ1n) is 10.7. The minimum atomic E-state index is 0.663. The first-order chi connectivity index (χ1) is 12.8. The molecule has 0 amide bonds. The van der Waals surface area contributed by atoms with E-state index in [2.05, 4.69) is 40.7 Å². The fourth-order valence-electron chi connectivity index (χ4n) is 3.78. The number of benzene rings is 1. The molecule has 26 heavy (non-hydrogen) atoms. The molecule has 0 spiro atoms. The maximum atomic E-state index is 5.91. The summed E-state index contributed by atoms with van der Waals surface area (Å²) < 4.78 is 5.91. The number of aromatic nitrogens is 1. The zero-order valence-corrected chi connectivity index (χ0v) is 16.4. The summed E-state index contributed by atoms with van der Waals surface area (Å²) in [5.74, 6) is 0.683. The molecule has 1 atom stereocenters. The predicted molar refractivity (Wildman–Crippen MR) is 110 cm³/mol. The van der Waals surface area contributed by atoms with Crippen LogP contribution in [-0.2, 0) is 6.42 Å². The van der Waals surface area contributed by atoms with Gasteiger partial charge in [0.15, 0.2) is 5.58 Å². The number of hydrogen-bond donors (Lipinski definition) is 2. The van der Waals surface area contributed by atoms with Crippen molar-refractivity contribution in [3.63, 3.8) is 0 Å². The highest BCUT2D eigenvalue weighted by molar-refractivity contribution is 5.75. The van der Waals surface area contributed by atoms with E-state index in [0.717, 1.165) is 37.2 Å². The van der Waals surface area contributed by atoms with Gasteiger partial charge in [0.2, 0.25) is 0 Å². The summed E-state index contributed by atoms with van der Waals surface area (Å²) in [7, 11) is 0. The third-order valence-electron chi connectivity index (χ3n) is 5.48. The normalized spacial score (nSPS) is 17.2. The van der Waals surface area contributed by atoms with E-state index >= 15 is 0 Å². The number of aryl methyl sites for hydroxylation is 1. The molecule has 1 fully saturated rings. The lowest BCUT2D eigenvalue weighted by atomic mass is 10.0. The number of hydrogen-bond acceptors (Lipinski definition) is 4. The summed E-state index contributed by atoms with van der Waals surface area (Å²) in [6.45, 7) is 5.43. The van der Waals surface area contributed by atoms with E-state index in [1.54, 1.807) is 0 Å². The number of rotatable bonds is 12. The largest absolute Gasteiger partial charge is 0.424 e. The molecule has 4 nitrogen and oxygen atoms in total. The maximum absolute atomic E-state index is 5.91. The molecule has 1 saturated heterocycles. The van der Waals surface area contributed by atoms with E-state index in [1.807, 2.05) is 0 Å². The lowest BCUT2D eigenvalue weighted by Crippen LogP contribution is -2.17. The summed E-state index contributed by atoms with van der Waals surface area (Å²) in [6, 6.07) is 7.14. The molecule has 0 saturated carbocycles. The Balaban J connectivity index is 1.39. The molecule has 0 radical (unpaired) electrons. The number of fused-ring (bicyclic) bond motifs is 1. The fraction of sp³-hybridized carbons (Fsp3) is 0.682. The topological polar surface area (TPSA) is 50.1 Å². The van der Waals surface area contributed by atoms with E-state index in [0.29, 0.717) is 11.9 Å². The molecule has 1 aliphatic rings. The van der Waals surface area contributed by atoms with Crippen molar-refractivity contribution in [3.05, 3.63) is 23.8 Å². The van der Waals surface area contributed by atoms with Crippen LogP contribution in [-0.4, -0.2) is 24.6 Å². The molecule has 1 aromatic carbocycles. The molecule has 0 unspecified atom stereocenters. The van der Waals surface area contributed by atoms with Gasteiger partial charge in [-0.25, -0.2) is 0 Å². The van der Waals surface area contributed by atoms with Crippen molar-refractivity contribution in [2.45, 2.75) is 71.1 Å². The second-order valence-electron chi connectivity index (χ2n) is 7.79. The number of unbranched alkanes of at least 4 members (excludes halogenated alkanes) is 7. The molecule has 0 bridgehead atoms. The number of anilines is 1. The Morgan fingerprint density at radius 1 is 1.12 bits per heavy atom. The van der Waals surface area contributed by atoms with Crippen molar-refractivity contribution in [2.75, 3.05) is 25.0 Å². The van der Waals surface area contributed by atoms with Crippen LogP contribution in [0, 0.1) is 5.92 Å². The van der Waals surface area contributed by atoms with Gasteiger partial charge in [-0.2, -0.15) is 4.98 Å². The molecule has 2 aromatic rings. The SMILES string of the molecule is CCCCCCCCCCc1ccc2nc(NC[C@H]3CCNC3)oc2c1. The van der Waals surface area contributed by atoms with Crippen LogP contribution in [0.2, 0.25) is 0 Å². The van der Waals surface area contributed by atoms with Gasteiger partial charge in [-0.05, 0) is 56.0 Å². The van der Waals surface area contributed by atoms with Gasteiger partial charge in [0.25, 0.3) is 6.01 Å². The Hall–Kier alpha value is -1.55. The Morgan fingerprint density at radius 3 is 2.69 bits per heavy atom. The molecule has 0 aliphatic carbocycles. The fourth-order valence-corrected chi connectivity index (χ4v) is 3.78. The molecule has 1 aromatic heterocycles. The van der Waals surface area contributed by atoms with Crippen LogP contribution >= 0.6 is 0 Å². The van der Waals surface area contributed by atoms with E-state index in [1.165, 1.54) is 63.4 Å². The molecule has 2 N–H and O–H groups in total. The second-order valence-corrected chi connectivity index (χ2v) is 7.79. The highest BCUT2D eigenvalue weighted by atomic mass is 16.4. The second kappa shape index (κ2) is 10.6. The van der Waals surface area contributed by atoms with Gasteiger partial charge in [-0.3, -0.25) is 0 Å². The molecule has 3 rings (SSSR count). The summed E-state index contributed by atoms with van der Waals surface area (Å²) in [6.07, 6.45) is 13.3. The van der Waals surface area contributed by atoms with Gasteiger partial charge < -0.3 is 15.1 Å². The van der Waals surface area contributed by atoms with Gasteiger partial charge in [0.05, 0.1) is 0 Å². The molecule has 144 valence electrons. The third kappa shape index (κ3) is 6.01. The lowest BCUT2D eigenvalue weighted by molar-refractivity contribution is 0.572. The van der Waals surface area contributed by atoms with E-state index in [4.69, 9.17) is 4.42 Å². The quantitative estimate of drug-likeness (QED) is 0.490. The summed E-state index contributed by atoms with van der Waals surface area (Å²) >= 11 is 0. The van der Waals surface area contributed by atoms with Crippen molar-refractivity contribution < 1.29 is 4.42 Å². The summed E-state index contributed by atoms with van der Waals surface area (Å²) in [5, 5.41) is 6.75. The third-order valence-corrected chi connectivity index (χ3v) is 5.48. The smallest absolute Gasteiger partial charge is 0.295 e. The van der Waals surface area contributed by atoms with E-state index in [-0.39, 0.29) is 0 Å². The minimum absolute atomic E-state index is 0.663. The average molecular weight is 358 g/mol. The summed E-state index contributed by atoms with van der Waals surface area (Å²) in [4.78, 5) is 4.56. The van der Waals surface area contributed by atoms with Crippen LogP contribution in [0.1, 0.15) is 70.3 Å². The van der Waals surface area contributed by atoms with Gasteiger partial charge >= 0.3 is 0 Å². The highest BCUT2D eigenvalue weighted by Crippen LogP contribution is 2.22. The molecular formula is C22H35N3O. The van der Waals surface area contributed by atoms with Crippen LogP contribution < -0.4 is 10.6 Å². The van der Waals surface area contributed by atoms with Crippen molar-refractivity contribution >= 4 is 17.1 Å². The minimum Gasteiger partial charge on any atom is -0.424 e. The van der Waals surface area contributed by atoms with Crippen molar-refractivity contribution in [1.29, 1.82) is 0 Å². The molecular weight excluding hydrogens is 322 g/mol. The first kappa shape index (κ1) is 19.2. The first-order valence-corrected chi connectivity index (χ1v) is 10.7. The van der Waals surface area contributed by atoms with Gasteiger partial charge in [-0.15, -0.1) is 0 Å². The molecule has 4 heteroatoms. The van der Waals surface area contributed by atoms with Crippen molar-refractivity contribution in [2.24, 2.45) is 5.92 Å². The predicted octanol–water partition coefficient (Wildman–Crippen LogP) is 5.53.